The first-order valence-corrected chi connectivity index (χ1v) is 8.48. The Kier molecular flexibility index (Phi) is 5.64. The maximum atomic E-state index is 12.2. The van der Waals surface area contributed by atoms with Crippen molar-refractivity contribution in [3.05, 3.63) is 82.1 Å². The first-order chi connectivity index (χ1) is 12.1. The van der Waals surface area contributed by atoms with Crippen LogP contribution in [0.2, 0.25) is 10.0 Å². The molecule has 0 unspecified atom stereocenters. The highest BCUT2D eigenvalue weighted by Gasteiger charge is 2.08. The molecular formula is C19H15Cl2N3O. The van der Waals surface area contributed by atoms with Crippen LogP contribution in [0.1, 0.15) is 15.9 Å². The Morgan fingerprint density at radius 3 is 2.24 bits per heavy atom. The van der Waals surface area contributed by atoms with Gasteiger partial charge in [-0.2, -0.15) is 0 Å². The van der Waals surface area contributed by atoms with Crippen LogP contribution >= 0.6 is 23.2 Å². The monoisotopic (exact) mass is 371 g/mol. The average Bonchev–Trinajstić information content (AvgIpc) is 2.62. The van der Waals surface area contributed by atoms with E-state index in [4.69, 9.17) is 23.2 Å². The minimum atomic E-state index is -0.215. The molecule has 2 aromatic carbocycles. The molecule has 1 aromatic heterocycles. The van der Waals surface area contributed by atoms with Gasteiger partial charge < -0.3 is 5.32 Å². The van der Waals surface area contributed by atoms with E-state index in [1.165, 1.54) is 12.4 Å². The Hall–Kier alpha value is -2.43. The SMILES string of the molecule is O=C(NCCc1cc(Cl)cc(Cl)c1)c1cnc(-c2ccccc2)nc1. The summed E-state index contributed by atoms with van der Waals surface area (Å²) in [4.78, 5) is 20.7. The molecule has 25 heavy (non-hydrogen) atoms. The van der Waals surface area contributed by atoms with Gasteiger partial charge >= 0.3 is 0 Å². The second-order valence-corrected chi connectivity index (χ2v) is 6.32. The highest BCUT2D eigenvalue weighted by molar-refractivity contribution is 6.34. The summed E-state index contributed by atoms with van der Waals surface area (Å²) >= 11 is 11.9. The molecule has 0 fully saturated rings. The van der Waals surface area contributed by atoms with E-state index in [1.807, 2.05) is 42.5 Å². The van der Waals surface area contributed by atoms with Crippen LogP contribution in [0.3, 0.4) is 0 Å². The third kappa shape index (κ3) is 4.78. The molecular weight excluding hydrogens is 357 g/mol. The molecule has 0 atom stereocenters. The summed E-state index contributed by atoms with van der Waals surface area (Å²) in [6, 6.07) is 14.9. The Balaban J connectivity index is 1.58. The van der Waals surface area contributed by atoms with Gasteiger partial charge in [0.15, 0.2) is 5.82 Å². The van der Waals surface area contributed by atoms with Crippen molar-refractivity contribution in [2.75, 3.05) is 6.54 Å². The molecule has 0 saturated carbocycles. The number of aromatic nitrogens is 2. The number of halogens is 2. The number of amides is 1. The summed E-state index contributed by atoms with van der Waals surface area (Å²) in [6.45, 7) is 0.468. The predicted octanol–water partition coefficient (Wildman–Crippen LogP) is 4.42. The zero-order valence-corrected chi connectivity index (χ0v) is 14.8. The van der Waals surface area contributed by atoms with Crippen molar-refractivity contribution in [1.82, 2.24) is 15.3 Å². The lowest BCUT2D eigenvalue weighted by Crippen LogP contribution is -2.26. The van der Waals surface area contributed by atoms with Gasteiger partial charge in [0, 0.05) is 34.5 Å². The van der Waals surface area contributed by atoms with Crippen molar-refractivity contribution in [1.29, 1.82) is 0 Å². The van der Waals surface area contributed by atoms with Gasteiger partial charge in [-0.25, -0.2) is 9.97 Å². The largest absolute Gasteiger partial charge is 0.352 e. The van der Waals surface area contributed by atoms with E-state index in [-0.39, 0.29) is 5.91 Å². The molecule has 0 aliphatic rings. The van der Waals surface area contributed by atoms with E-state index < -0.39 is 0 Å². The van der Waals surface area contributed by atoms with Gasteiger partial charge in [-0.3, -0.25) is 4.79 Å². The summed E-state index contributed by atoms with van der Waals surface area (Å²) in [5.74, 6) is 0.374. The molecule has 126 valence electrons. The second kappa shape index (κ2) is 8.10. The van der Waals surface area contributed by atoms with Crippen molar-refractivity contribution < 1.29 is 4.79 Å². The number of nitrogens with one attached hydrogen (secondary N) is 1. The van der Waals surface area contributed by atoms with E-state index in [0.717, 1.165) is 11.1 Å². The second-order valence-electron chi connectivity index (χ2n) is 5.44. The van der Waals surface area contributed by atoms with Crippen LogP contribution in [0.4, 0.5) is 0 Å². The molecule has 0 saturated heterocycles. The summed E-state index contributed by atoms with van der Waals surface area (Å²) in [7, 11) is 0. The van der Waals surface area contributed by atoms with Gasteiger partial charge in [-0.1, -0.05) is 53.5 Å². The minimum Gasteiger partial charge on any atom is -0.352 e. The lowest BCUT2D eigenvalue weighted by atomic mass is 10.1. The van der Waals surface area contributed by atoms with Crippen molar-refractivity contribution in [2.45, 2.75) is 6.42 Å². The van der Waals surface area contributed by atoms with E-state index in [1.54, 1.807) is 6.07 Å². The van der Waals surface area contributed by atoms with Crippen molar-refractivity contribution in [3.63, 3.8) is 0 Å². The third-order valence-corrected chi connectivity index (χ3v) is 4.00. The zero-order valence-electron chi connectivity index (χ0n) is 13.2. The van der Waals surface area contributed by atoms with Crippen LogP contribution in [-0.4, -0.2) is 22.4 Å². The highest BCUT2D eigenvalue weighted by atomic mass is 35.5. The van der Waals surface area contributed by atoms with Gasteiger partial charge in [0.1, 0.15) is 0 Å². The summed E-state index contributed by atoms with van der Waals surface area (Å²) in [5.41, 5.74) is 2.30. The van der Waals surface area contributed by atoms with E-state index >= 15 is 0 Å². The van der Waals surface area contributed by atoms with Gasteiger partial charge in [0.25, 0.3) is 5.91 Å². The fourth-order valence-electron chi connectivity index (χ4n) is 2.36. The Morgan fingerprint density at radius 2 is 1.60 bits per heavy atom. The molecule has 1 amide bonds. The topological polar surface area (TPSA) is 54.9 Å². The fourth-order valence-corrected chi connectivity index (χ4v) is 2.93. The molecule has 3 aromatic rings. The van der Waals surface area contributed by atoms with Crippen LogP contribution in [0.5, 0.6) is 0 Å². The minimum absolute atomic E-state index is 0.215. The molecule has 0 aliphatic heterocycles. The molecule has 1 N–H and O–H groups in total. The predicted molar refractivity (Wildman–Crippen MR) is 100.0 cm³/mol. The third-order valence-electron chi connectivity index (χ3n) is 3.57. The number of nitrogens with zero attached hydrogens (tertiary/aromatic N) is 2. The Bertz CT molecular complexity index is 847. The number of hydrogen-bond donors (Lipinski definition) is 1. The molecule has 1 heterocycles. The maximum absolute atomic E-state index is 12.2. The van der Waals surface area contributed by atoms with Crippen molar-refractivity contribution in [2.24, 2.45) is 0 Å². The van der Waals surface area contributed by atoms with E-state index in [9.17, 15) is 4.79 Å². The number of benzene rings is 2. The molecule has 3 rings (SSSR count). The molecule has 0 aliphatic carbocycles. The lowest BCUT2D eigenvalue weighted by molar-refractivity contribution is 0.0953. The smallest absolute Gasteiger partial charge is 0.254 e. The number of carbonyl (C=O) groups excluding carboxylic acids is 1. The number of rotatable bonds is 5. The van der Waals surface area contributed by atoms with Crippen LogP contribution in [0, 0.1) is 0 Å². The highest BCUT2D eigenvalue weighted by Crippen LogP contribution is 2.19. The normalized spacial score (nSPS) is 10.5. The lowest BCUT2D eigenvalue weighted by Gasteiger charge is -2.07. The molecule has 0 radical (unpaired) electrons. The van der Waals surface area contributed by atoms with Gasteiger partial charge in [-0.15, -0.1) is 0 Å². The Labute approximate surface area is 155 Å². The van der Waals surface area contributed by atoms with Gasteiger partial charge in [0.05, 0.1) is 5.56 Å². The first-order valence-electron chi connectivity index (χ1n) is 7.72. The van der Waals surface area contributed by atoms with Crippen molar-refractivity contribution >= 4 is 29.1 Å². The molecule has 6 heteroatoms. The van der Waals surface area contributed by atoms with Crippen LogP contribution in [0.15, 0.2) is 60.9 Å². The number of hydrogen-bond acceptors (Lipinski definition) is 3. The summed E-state index contributed by atoms with van der Waals surface area (Å²) in [5, 5.41) is 4.00. The average molecular weight is 372 g/mol. The van der Waals surface area contributed by atoms with E-state index in [0.29, 0.717) is 34.4 Å². The number of carbonyl (C=O) groups is 1. The quantitative estimate of drug-likeness (QED) is 0.721. The standard InChI is InChI=1S/C19H15Cl2N3O/c20-16-8-13(9-17(21)10-16)6-7-22-19(25)15-11-23-18(24-12-15)14-4-2-1-3-5-14/h1-5,8-12H,6-7H2,(H,22,25). The van der Waals surface area contributed by atoms with Gasteiger partial charge in [0.2, 0.25) is 0 Å². The first kappa shape index (κ1) is 17.4. The van der Waals surface area contributed by atoms with Crippen LogP contribution < -0.4 is 5.32 Å². The van der Waals surface area contributed by atoms with Crippen LogP contribution in [0.25, 0.3) is 11.4 Å². The molecule has 0 spiro atoms. The van der Waals surface area contributed by atoms with E-state index in [2.05, 4.69) is 15.3 Å². The van der Waals surface area contributed by atoms with Gasteiger partial charge in [-0.05, 0) is 30.2 Å². The van der Waals surface area contributed by atoms with Crippen molar-refractivity contribution in [3.8, 4) is 11.4 Å². The molecule has 4 nitrogen and oxygen atoms in total. The fraction of sp³-hybridized carbons (Fsp3) is 0.105. The van der Waals surface area contributed by atoms with Crippen LogP contribution in [-0.2, 0) is 6.42 Å². The Morgan fingerprint density at radius 1 is 0.960 bits per heavy atom. The summed E-state index contributed by atoms with van der Waals surface area (Å²) in [6.07, 6.45) is 3.69. The zero-order chi connectivity index (χ0) is 17.6. The molecule has 0 bridgehead atoms. The maximum Gasteiger partial charge on any atom is 0.254 e. The summed E-state index contributed by atoms with van der Waals surface area (Å²) < 4.78 is 0.